The van der Waals surface area contributed by atoms with Gasteiger partial charge in [0.2, 0.25) is 0 Å². The van der Waals surface area contributed by atoms with E-state index >= 15 is 0 Å². The van der Waals surface area contributed by atoms with Crippen LogP contribution in [0.1, 0.15) is 40.0 Å². The fourth-order valence-corrected chi connectivity index (χ4v) is 1.71. The fraction of sp³-hybridized carbons (Fsp3) is 0.818. The average Bonchev–Trinajstić information content (AvgIpc) is 2.05. The van der Waals surface area contributed by atoms with Crippen molar-refractivity contribution >= 4 is 12.6 Å². The molecule has 0 radical (unpaired) electrons. The molecule has 0 aromatic rings. The Labute approximate surface area is 82.9 Å². The maximum absolute atomic E-state index is 4.25. The standard InChI is InChI=1S/C11H22S/c1-4-5-6-7-10(2)11(3)8-9-12/h4-5,10-12H,6-9H2,1-3H3. The fourth-order valence-electron chi connectivity index (χ4n) is 1.30. The predicted molar refractivity (Wildman–Crippen MR) is 60.8 cm³/mol. The second kappa shape index (κ2) is 7.72. The van der Waals surface area contributed by atoms with Gasteiger partial charge in [-0.1, -0.05) is 26.0 Å². The van der Waals surface area contributed by atoms with Crippen molar-refractivity contribution in [3.05, 3.63) is 12.2 Å². The van der Waals surface area contributed by atoms with Crippen LogP contribution in [-0.2, 0) is 0 Å². The SMILES string of the molecule is CC=CCCC(C)C(C)CCS. The Morgan fingerprint density at radius 2 is 1.75 bits per heavy atom. The summed E-state index contributed by atoms with van der Waals surface area (Å²) in [6.07, 6.45) is 8.19. The molecule has 0 saturated carbocycles. The normalized spacial score (nSPS) is 16.7. The number of rotatable bonds is 6. The molecule has 12 heavy (non-hydrogen) atoms. The summed E-state index contributed by atoms with van der Waals surface area (Å²) < 4.78 is 0. The van der Waals surface area contributed by atoms with Crippen LogP contribution in [0.4, 0.5) is 0 Å². The molecule has 0 aliphatic heterocycles. The van der Waals surface area contributed by atoms with E-state index in [-0.39, 0.29) is 0 Å². The van der Waals surface area contributed by atoms with Crippen molar-refractivity contribution in [1.29, 1.82) is 0 Å². The number of thiol groups is 1. The van der Waals surface area contributed by atoms with E-state index in [1.807, 2.05) is 0 Å². The summed E-state index contributed by atoms with van der Waals surface area (Å²) in [5, 5.41) is 0. The van der Waals surface area contributed by atoms with E-state index in [9.17, 15) is 0 Å². The molecule has 72 valence electrons. The Hall–Kier alpha value is 0.0900. The first kappa shape index (κ1) is 12.1. The summed E-state index contributed by atoms with van der Waals surface area (Å²) in [4.78, 5) is 0. The molecule has 2 unspecified atom stereocenters. The minimum absolute atomic E-state index is 0.827. The molecule has 0 amide bonds. The molecule has 0 aromatic heterocycles. The largest absolute Gasteiger partial charge is 0.179 e. The van der Waals surface area contributed by atoms with Crippen molar-refractivity contribution in [2.24, 2.45) is 11.8 Å². The third-order valence-corrected chi connectivity index (χ3v) is 2.84. The molecule has 0 heterocycles. The minimum atomic E-state index is 0.827. The van der Waals surface area contributed by atoms with Crippen LogP contribution in [0.25, 0.3) is 0 Å². The van der Waals surface area contributed by atoms with E-state index in [4.69, 9.17) is 0 Å². The molecule has 2 atom stereocenters. The summed E-state index contributed by atoms with van der Waals surface area (Å²) in [6, 6.07) is 0. The quantitative estimate of drug-likeness (QED) is 0.471. The van der Waals surface area contributed by atoms with E-state index in [0.29, 0.717) is 0 Å². The lowest BCUT2D eigenvalue weighted by atomic mass is 9.90. The molecular weight excluding hydrogens is 164 g/mol. The third-order valence-electron chi connectivity index (χ3n) is 2.58. The van der Waals surface area contributed by atoms with Gasteiger partial charge in [-0.15, -0.1) is 0 Å². The van der Waals surface area contributed by atoms with Crippen molar-refractivity contribution in [1.82, 2.24) is 0 Å². The van der Waals surface area contributed by atoms with Gasteiger partial charge < -0.3 is 0 Å². The van der Waals surface area contributed by atoms with E-state index in [0.717, 1.165) is 17.6 Å². The maximum Gasteiger partial charge on any atom is -0.00953 e. The van der Waals surface area contributed by atoms with Gasteiger partial charge in [0.1, 0.15) is 0 Å². The highest BCUT2D eigenvalue weighted by molar-refractivity contribution is 7.80. The van der Waals surface area contributed by atoms with Gasteiger partial charge in [0.05, 0.1) is 0 Å². The van der Waals surface area contributed by atoms with Crippen LogP contribution in [0, 0.1) is 11.8 Å². The van der Waals surface area contributed by atoms with E-state index in [1.54, 1.807) is 0 Å². The Balaban J connectivity index is 3.48. The summed E-state index contributed by atoms with van der Waals surface area (Å²) in [7, 11) is 0. The zero-order chi connectivity index (χ0) is 9.40. The van der Waals surface area contributed by atoms with Gasteiger partial charge in [-0.25, -0.2) is 0 Å². The molecule has 0 bridgehead atoms. The molecule has 0 N–H and O–H groups in total. The second-order valence-corrected chi connectivity index (χ2v) is 4.06. The molecule has 0 aliphatic rings. The van der Waals surface area contributed by atoms with Crippen LogP contribution in [0.2, 0.25) is 0 Å². The zero-order valence-electron chi connectivity index (χ0n) is 8.59. The highest BCUT2D eigenvalue weighted by atomic mass is 32.1. The minimum Gasteiger partial charge on any atom is -0.179 e. The number of hydrogen-bond acceptors (Lipinski definition) is 1. The maximum atomic E-state index is 4.25. The van der Waals surface area contributed by atoms with Gasteiger partial charge in [0, 0.05) is 0 Å². The molecular formula is C11H22S. The molecule has 1 heteroatoms. The lowest BCUT2D eigenvalue weighted by molar-refractivity contribution is 0.360. The van der Waals surface area contributed by atoms with Crippen molar-refractivity contribution in [2.75, 3.05) is 5.75 Å². The Morgan fingerprint density at radius 1 is 1.17 bits per heavy atom. The van der Waals surface area contributed by atoms with Crippen LogP contribution >= 0.6 is 12.6 Å². The van der Waals surface area contributed by atoms with Gasteiger partial charge in [0.15, 0.2) is 0 Å². The lowest BCUT2D eigenvalue weighted by Crippen LogP contribution is -2.08. The van der Waals surface area contributed by atoms with Crippen molar-refractivity contribution in [3.63, 3.8) is 0 Å². The smallest absolute Gasteiger partial charge is 0.00953 e. The monoisotopic (exact) mass is 186 g/mol. The van der Waals surface area contributed by atoms with Gasteiger partial charge in [-0.05, 0) is 43.8 Å². The molecule has 0 spiro atoms. The molecule has 0 aromatic carbocycles. The van der Waals surface area contributed by atoms with Gasteiger partial charge in [0.25, 0.3) is 0 Å². The Morgan fingerprint density at radius 3 is 2.25 bits per heavy atom. The van der Waals surface area contributed by atoms with Crippen molar-refractivity contribution in [2.45, 2.75) is 40.0 Å². The van der Waals surface area contributed by atoms with Crippen LogP contribution < -0.4 is 0 Å². The summed E-state index contributed by atoms with van der Waals surface area (Å²) in [5.74, 6) is 2.69. The van der Waals surface area contributed by atoms with Crippen LogP contribution in [0.5, 0.6) is 0 Å². The first-order chi connectivity index (χ1) is 5.72. The van der Waals surface area contributed by atoms with Gasteiger partial charge in [-0.2, -0.15) is 12.6 Å². The topological polar surface area (TPSA) is 0 Å². The van der Waals surface area contributed by atoms with E-state index in [2.05, 4.69) is 45.6 Å². The van der Waals surface area contributed by atoms with Gasteiger partial charge in [-0.3, -0.25) is 0 Å². The molecule has 0 saturated heterocycles. The first-order valence-corrected chi connectivity index (χ1v) is 5.57. The Bertz CT molecular complexity index is 118. The predicted octanol–water partition coefficient (Wildman–Crippen LogP) is 3.93. The van der Waals surface area contributed by atoms with Crippen molar-refractivity contribution in [3.8, 4) is 0 Å². The summed E-state index contributed by atoms with van der Waals surface area (Å²) in [5.41, 5.74) is 0. The highest BCUT2D eigenvalue weighted by Gasteiger charge is 2.09. The van der Waals surface area contributed by atoms with Crippen molar-refractivity contribution < 1.29 is 0 Å². The average molecular weight is 186 g/mol. The van der Waals surface area contributed by atoms with Crippen LogP contribution in [0.15, 0.2) is 12.2 Å². The first-order valence-electron chi connectivity index (χ1n) is 4.94. The highest BCUT2D eigenvalue weighted by Crippen LogP contribution is 2.20. The molecule has 0 nitrogen and oxygen atoms in total. The molecule has 0 fully saturated rings. The van der Waals surface area contributed by atoms with E-state index in [1.165, 1.54) is 19.3 Å². The zero-order valence-corrected chi connectivity index (χ0v) is 9.48. The second-order valence-electron chi connectivity index (χ2n) is 3.61. The summed E-state index contributed by atoms with van der Waals surface area (Å²) in [6.45, 7) is 6.76. The number of allylic oxidation sites excluding steroid dienone is 2. The van der Waals surface area contributed by atoms with Crippen LogP contribution in [0.3, 0.4) is 0 Å². The van der Waals surface area contributed by atoms with Gasteiger partial charge >= 0.3 is 0 Å². The lowest BCUT2D eigenvalue weighted by Gasteiger charge is -2.17. The Kier molecular flexibility index (Phi) is 7.78. The number of hydrogen-bond donors (Lipinski definition) is 1. The molecule has 0 rings (SSSR count). The third kappa shape index (κ3) is 5.70. The summed E-state index contributed by atoms with van der Waals surface area (Å²) >= 11 is 4.25. The van der Waals surface area contributed by atoms with E-state index < -0.39 is 0 Å². The molecule has 0 aliphatic carbocycles. The van der Waals surface area contributed by atoms with Crippen LogP contribution in [-0.4, -0.2) is 5.75 Å².